The Labute approximate surface area is 139 Å². The number of hydrogen-bond acceptors (Lipinski definition) is 5. The van der Waals surface area contributed by atoms with E-state index in [0.717, 1.165) is 25.9 Å². The first-order chi connectivity index (χ1) is 11.7. The highest BCUT2D eigenvalue weighted by Crippen LogP contribution is 2.27. The third-order valence-electron chi connectivity index (χ3n) is 4.78. The largest absolute Gasteiger partial charge is 0.423 e. The Bertz CT molecular complexity index is 734. The van der Waals surface area contributed by atoms with E-state index in [0.29, 0.717) is 43.4 Å². The van der Waals surface area contributed by atoms with Crippen molar-refractivity contribution in [2.24, 2.45) is 5.92 Å². The first-order valence-corrected chi connectivity index (χ1v) is 8.38. The lowest BCUT2D eigenvalue weighted by Gasteiger charge is -2.34. The fourth-order valence-corrected chi connectivity index (χ4v) is 3.38. The molecule has 2 aliphatic heterocycles. The van der Waals surface area contributed by atoms with Crippen LogP contribution in [-0.4, -0.2) is 55.2 Å². The lowest BCUT2D eigenvalue weighted by molar-refractivity contribution is -0.140. The molecule has 0 aliphatic carbocycles. The minimum absolute atomic E-state index is 0.0566. The van der Waals surface area contributed by atoms with Crippen LogP contribution < -0.4 is 4.90 Å². The van der Waals surface area contributed by atoms with Crippen molar-refractivity contribution in [1.29, 1.82) is 0 Å². The number of amides is 1. The maximum Gasteiger partial charge on any atom is 0.298 e. The summed E-state index contributed by atoms with van der Waals surface area (Å²) in [4.78, 5) is 20.9. The molecular weight excluding hydrogens is 313 g/mol. The quantitative estimate of drug-likeness (QED) is 0.842. The Morgan fingerprint density at radius 3 is 2.67 bits per heavy atom. The first-order valence-electron chi connectivity index (χ1n) is 8.38. The van der Waals surface area contributed by atoms with E-state index in [1.165, 1.54) is 12.1 Å². The molecule has 7 heteroatoms. The minimum Gasteiger partial charge on any atom is -0.423 e. The number of morpholine rings is 1. The molecule has 2 saturated heterocycles. The third-order valence-corrected chi connectivity index (χ3v) is 4.78. The molecule has 1 aromatic carbocycles. The van der Waals surface area contributed by atoms with Gasteiger partial charge in [0.1, 0.15) is 11.3 Å². The molecule has 2 fully saturated rings. The average molecular weight is 333 g/mol. The van der Waals surface area contributed by atoms with E-state index in [1.54, 1.807) is 6.07 Å². The van der Waals surface area contributed by atoms with Crippen LogP contribution in [0.3, 0.4) is 0 Å². The zero-order valence-electron chi connectivity index (χ0n) is 13.4. The third kappa shape index (κ3) is 2.96. The van der Waals surface area contributed by atoms with Crippen molar-refractivity contribution in [3.63, 3.8) is 0 Å². The van der Waals surface area contributed by atoms with Crippen molar-refractivity contribution in [2.45, 2.75) is 12.8 Å². The lowest BCUT2D eigenvalue weighted by atomic mass is 9.95. The molecule has 0 bridgehead atoms. The Balaban J connectivity index is 1.40. The number of rotatable bonds is 2. The second kappa shape index (κ2) is 6.39. The molecule has 0 N–H and O–H groups in total. The predicted molar refractivity (Wildman–Crippen MR) is 86.3 cm³/mol. The molecule has 0 atom stereocenters. The maximum atomic E-state index is 13.3. The number of carbonyl (C=O) groups excluding carboxylic acids is 1. The number of nitrogens with zero attached hydrogens (tertiary/aromatic N) is 3. The highest BCUT2D eigenvalue weighted by atomic mass is 19.1. The van der Waals surface area contributed by atoms with Gasteiger partial charge in [0, 0.05) is 38.2 Å². The fraction of sp³-hybridized carbons (Fsp3) is 0.529. The summed E-state index contributed by atoms with van der Waals surface area (Å²) in [7, 11) is 0. The van der Waals surface area contributed by atoms with Gasteiger partial charge in [-0.15, -0.1) is 0 Å². The van der Waals surface area contributed by atoms with Gasteiger partial charge < -0.3 is 19.0 Å². The summed E-state index contributed by atoms with van der Waals surface area (Å²) in [5.41, 5.74) is 1.11. The van der Waals surface area contributed by atoms with Crippen LogP contribution in [0.5, 0.6) is 0 Å². The van der Waals surface area contributed by atoms with Gasteiger partial charge in [-0.05, 0) is 25.0 Å². The van der Waals surface area contributed by atoms with E-state index in [2.05, 4.69) is 4.98 Å². The molecule has 24 heavy (non-hydrogen) atoms. The number of halogens is 1. The van der Waals surface area contributed by atoms with E-state index in [1.807, 2.05) is 9.80 Å². The number of ether oxygens (including phenoxy) is 1. The first kappa shape index (κ1) is 15.4. The fourth-order valence-electron chi connectivity index (χ4n) is 3.38. The van der Waals surface area contributed by atoms with E-state index in [9.17, 15) is 9.18 Å². The number of anilines is 1. The van der Waals surface area contributed by atoms with Gasteiger partial charge in [0.05, 0.1) is 13.2 Å². The van der Waals surface area contributed by atoms with Crippen molar-refractivity contribution < 1.29 is 18.3 Å². The predicted octanol–water partition coefficient (Wildman–Crippen LogP) is 2.04. The minimum atomic E-state index is -0.333. The van der Waals surface area contributed by atoms with Crippen LogP contribution in [0.2, 0.25) is 0 Å². The van der Waals surface area contributed by atoms with Crippen LogP contribution in [0.25, 0.3) is 11.1 Å². The molecule has 1 aromatic heterocycles. The van der Waals surface area contributed by atoms with Gasteiger partial charge in [0.25, 0.3) is 6.01 Å². The Hall–Kier alpha value is -2.15. The summed E-state index contributed by atoms with van der Waals surface area (Å²) in [6.07, 6.45) is 1.56. The van der Waals surface area contributed by atoms with Crippen LogP contribution in [0, 0.1) is 11.7 Å². The number of carbonyl (C=O) groups is 1. The molecule has 4 rings (SSSR count). The zero-order valence-corrected chi connectivity index (χ0v) is 13.4. The summed E-state index contributed by atoms with van der Waals surface area (Å²) in [5, 5.41) is 0. The van der Waals surface area contributed by atoms with Gasteiger partial charge in [-0.1, -0.05) is 0 Å². The SMILES string of the molecule is O=C(C1CCN(c2nc3ccc(F)cc3o2)CC1)N1CCOCC1. The number of piperidine rings is 1. The summed E-state index contributed by atoms with van der Waals surface area (Å²) in [6.45, 7) is 4.08. The Morgan fingerprint density at radius 1 is 1.17 bits per heavy atom. The van der Waals surface area contributed by atoms with Crippen LogP contribution in [0.1, 0.15) is 12.8 Å². The standard InChI is InChI=1S/C17H20FN3O3/c18-13-1-2-14-15(11-13)24-17(19-14)21-5-3-12(4-6-21)16(22)20-7-9-23-10-8-20/h1-2,11-12H,3-10H2. The Kier molecular flexibility index (Phi) is 4.10. The second-order valence-corrected chi connectivity index (χ2v) is 6.31. The smallest absolute Gasteiger partial charge is 0.298 e. The summed E-state index contributed by atoms with van der Waals surface area (Å²) >= 11 is 0. The molecule has 1 amide bonds. The molecule has 0 unspecified atom stereocenters. The van der Waals surface area contributed by atoms with Gasteiger partial charge in [0.15, 0.2) is 5.58 Å². The van der Waals surface area contributed by atoms with Crippen LogP contribution >= 0.6 is 0 Å². The van der Waals surface area contributed by atoms with Crippen molar-refractivity contribution >= 4 is 23.0 Å². The topological polar surface area (TPSA) is 58.8 Å². The summed E-state index contributed by atoms with van der Waals surface area (Å²) in [5.74, 6) is -0.0428. The molecular formula is C17H20FN3O3. The molecule has 2 aromatic rings. The number of fused-ring (bicyclic) bond motifs is 1. The lowest BCUT2D eigenvalue weighted by Crippen LogP contribution is -2.46. The van der Waals surface area contributed by atoms with E-state index >= 15 is 0 Å². The number of aromatic nitrogens is 1. The van der Waals surface area contributed by atoms with E-state index in [-0.39, 0.29) is 17.6 Å². The van der Waals surface area contributed by atoms with Crippen molar-refractivity contribution in [2.75, 3.05) is 44.3 Å². The van der Waals surface area contributed by atoms with Crippen molar-refractivity contribution in [1.82, 2.24) is 9.88 Å². The van der Waals surface area contributed by atoms with Gasteiger partial charge in [-0.3, -0.25) is 4.79 Å². The number of benzene rings is 1. The Morgan fingerprint density at radius 2 is 1.92 bits per heavy atom. The van der Waals surface area contributed by atoms with Gasteiger partial charge in [-0.2, -0.15) is 4.98 Å². The van der Waals surface area contributed by atoms with Crippen molar-refractivity contribution in [3.8, 4) is 0 Å². The van der Waals surface area contributed by atoms with Gasteiger partial charge in [0.2, 0.25) is 5.91 Å². The molecule has 2 aliphatic rings. The molecule has 3 heterocycles. The van der Waals surface area contributed by atoms with Crippen LogP contribution in [-0.2, 0) is 9.53 Å². The highest BCUT2D eigenvalue weighted by Gasteiger charge is 2.30. The van der Waals surface area contributed by atoms with Crippen molar-refractivity contribution in [3.05, 3.63) is 24.0 Å². The molecule has 0 saturated carbocycles. The van der Waals surface area contributed by atoms with E-state index < -0.39 is 0 Å². The van der Waals surface area contributed by atoms with Gasteiger partial charge >= 0.3 is 0 Å². The molecule has 0 radical (unpaired) electrons. The number of hydrogen-bond donors (Lipinski definition) is 0. The highest BCUT2D eigenvalue weighted by molar-refractivity contribution is 5.79. The maximum absolute atomic E-state index is 13.3. The number of oxazole rings is 1. The zero-order chi connectivity index (χ0) is 16.5. The monoisotopic (exact) mass is 333 g/mol. The van der Waals surface area contributed by atoms with Crippen LogP contribution in [0.4, 0.5) is 10.4 Å². The molecule has 128 valence electrons. The van der Waals surface area contributed by atoms with Crippen LogP contribution in [0.15, 0.2) is 22.6 Å². The summed E-state index contributed by atoms with van der Waals surface area (Å²) in [6, 6.07) is 4.85. The average Bonchev–Trinajstić information content (AvgIpc) is 3.05. The molecule has 0 spiro atoms. The van der Waals surface area contributed by atoms with E-state index in [4.69, 9.17) is 9.15 Å². The molecule has 6 nitrogen and oxygen atoms in total. The summed E-state index contributed by atoms with van der Waals surface area (Å²) < 4.78 is 24.2. The van der Waals surface area contributed by atoms with Gasteiger partial charge in [-0.25, -0.2) is 4.39 Å². The normalized spacial score (nSPS) is 19.9. The second-order valence-electron chi connectivity index (χ2n) is 6.31.